The molecule has 1 saturated heterocycles. The maximum absolute atomic E-state index is 11.2. The number of nitrogens with one attached hydrogen (secondary N) is 2. The Morgan fingerprint density at radius 3 is 2.64 bits per heavy atom. The van der Waals surface area contributed by atoms with Crippen molar-refractivity contribution in [2.45, 2.75) is 31.0 Å². The van der Waals surface area contributed by atoms with E-state index in [4.69, 9.17) is 16.2 Å². The lowest BCUT2D eigenvalue weighted by Crippen LogP contribution is -2.37. The van der Waals surface area contributed by atoms with Gasteiger partial charge in [-0.25, -0.2) is 4.98 Å². The number of nitrogens with zero attached hydrogens (tertiary/aromatic N) is 1. The Balaban J connectivity index is 1.62. The Kier molecular flexibility index (Phi) is 5.00. The molecule has 0 radical (unpaired) electrons. The van der Waals surface area contributed by atoms with Gasteiger partial charge < -0.3 is 36.7 Å². The van der Waals surface area contributed by atoms with E-state index in [1.54, 1.807) is 0 Å². The number of primary amides is 1. The van der Waals surface area contributed by atoms with Crippen molar-refractivity contribution < 1.29 is 19.7 Å². The average molecular weight is 347 g/mol. The van der Waals surface area contributed by atoms with E-state index >= 15 is 0 Å². The average Bonchev–Trinajstić information content (AvgIpc) is 3.11. The molecule has 2 heterocycles. The summed E-state index contributed by atoms with van der Waals surface area (Å²) in [5.41, 5.74) is 11.8. The number of amides is 1. The molecule has 134 valence electrons. The van der Waals surface area contributed by atoms with Crippen molar-refractivity contribution >= 4 is 11.7 Å². The molecule has 0 saturated carbocycles. The highest BCUT2D eigenvalue weighted by Crippen LogP contribution is 2.32. The first-order chi connectivity index (χ1) is 12.0. The highest BCUT2D eigenvalue weighted by atomic mass is 16.5. The molecule has 0 unspecified atom stereocenters. The Morgan fingerprint density at radius 2 is 2.00 bits per heavy atom. The van der Waals surface area contributed by atoms with Crippen molar-refractivity contribution in [2.75, 3.05) is 12.3 Å². The van der Waals surface area contributed by atoms with Gasteiger partial charge >= 0.3 is 0 Å². The fourth-order valence-electron chi connectivity index (χ4n) is 2.83. The van der Waals surface area contributed by atoms with Crippen LogP contribution in [0, 0.1) is 0 Å². The van der Waals surface area contributed by atoms with Gasteiger partial charge in [0.1, 0.15) is 30.0 Å². The van der Waals surface area contributed by atoms with Crippen molar-refractivity contribution in [3.63, 3.8) is 0 Å². The highest BCUT2D eigenvalue weighted by Gasteiger charge is 2.44. The van der Waals surface area contributed by atoms with Gasteiger partial charge in [0.15, 0.2) is 5.69 Å². The van der Waals surface area contributed by atoms with Crippen LogP contribution in [0.5, 0.6) is 0 Å². The van der Waals surface area contributed by atoms with Crippen LogP contribution in [0.1, 0.15) is 28.0 Å². The summed E-state index contributed by atoms with van der Waals surface area (Å²) in [4.78, 5) is 17.9. The van der Waals surface area contributed by atoms with Crippen molar-refractivity contribution in [1.82, 2.24) is 15.3 Å². The maximum Gasteiger partial charge on any atom is 0.271 e. The molecule has 1 aromatic heterocycles. The predicted molar refractivity (Wildman–Crippen MR) is 89.3 cm³/mol. The summed E-state index contributed by atoms with van der Waals surface area (Å²) in [6, 6.07) is 9.77. The molecular weight excluding hydrogens is 326 g/mol. The SMILES string of the molecule is NC(=O)c1nc([C@H]2O[C@@H](CNCc3ccccc3)[C@H](O)[C@@H]2O)[nH]c1N. The summed E-state index contributed by atoms with van der Waals surface area (Å²) in [7, 11) is 0. The van der Waals surface area contributed by atoms with Crippen molar-refractivity contribution in [1.29, 1.82) is 0 Å². The molecular formula is C16H21N5O4. The molecule has 25 heavy (non-hydrogen) atoms. The van der Waals surface area contributed by atoms with Crippen LogP contribution in [0.3, 0.4) is 0 Å². The fourth-order valence-corrected chi connectivity index (χ4v) is 2.83. The van der Waals surface area contributed by atoms with E-state index < -0.39 is 30.3 Å². The second kappa shape index (κ2) is 7.19. The Labute approximate surface area is 144 Å². The number of benzene rings is 1. The van der Waals surface area contributed by atoms with E-state index in [1.165, 1.54) is 0 Å². The molecule has 0 bridgehead atoms. The molecule has 2 aromatic rings. The Morgan fingerprint density at radius 1 is 1.28 bits per heavy atom. The molecule has 9 heteroatoms. The number of anilines is 1. The third-order valence-corrected chi connectivity index (χ3v) is 4.13. The number of hydrogen-bond acceptors (Lipinski definition) is 7. The molecule has 4 atom stereocenters. The number of aliphatic hydroxyl groups is 2. The van der Waals surface area contributed by atoms with Gasteiger partial charge in [0.25, 0.3) is 5.91 Å². The number of carbonyl (C=O) groups excluding carboxylic acids is 1. The number of aliphatic hydroxyl groups excluding tert-OH is 2. The second-order valence-electron chi connectivity index (χ2n) is 5.94. The largest absolute Gasteiger partial charge is 0.388 e. The summed E-state index contributed by atoms with van der Waals surface area (Å²) in [6.07, 6.45) is -3.85. The van der Waals surface area contributed by atoms with E-state index in [9.17, 15) is 15.0 Å². The summed E-state index contributed by atoms with van der Waals surface area (Å²) < 4.78 is 5.69. The van der Waals surface area contributed by atoms with Crippen LogP contribution in [0.15, 0.2) is 30.3 Å². The first-order valence-corrected chi connectivity index (χ1v) is 7.88. The monoisotopic (exact) mass is 347 g/mol. The molecule has 1 aliphatic rings. The van der Waals surface area contributed by atoms with Crippen LogP contribution in [0.25, 0.3) is 0 Å². The molecule has 1 aliphatic heterocycles. The van der Waals surface area contributed by atoms with Crippen LogP contribution in [0.2, 0.25) is 0 Å². The number of nitrogens with two attached hydrogens (primary N) is 2. The van der Waals surface area contributed by atoms with Gasteiger partial charge in [0, 0.05) is 13.1 Å². The van der Waals surface area contributed by atoms with Crippen molar-refractivity contribution in [3.8, 4) is 0 Å². The highest BCUT2D eigenvalue weighted by molar-refractivity contribution is 5.95. The molecule has 8 N–H and O–H groups in total. The number of aromatic nitrogens is 2. The lowest BCUT2D eigenvalue weighted by molar-refractivity contribution is 0.00345. The third-order valence-electron chi connectivity index (χ3n) is 4.13. The number of nitrogen functional groups attached to an aromatic ring is 1. The number of aromatic amines is 1. The molecule has 0 aliphatic carbocycles. The van der Waals surface area contributed by atoms with Crippen molar-refractivity contribution in [3.05, 3.63) is 47.4 Å². The summed E-state index contributed by atoms with van der Waals surface area (Å²) >= 11 is 0. The van der Waals surface area contributed by atoms with Crippen LogP contribution < -0.4 is 16.8 Å². The van der Waals surface area contributed by atoms with Gasteiger partial charge in [0.2, 0.25) is 0 Å². The van der Waals surface area contributed by atoms with Gasteiger partial charge in [-0.1, -0.05) is 30.3 Å². The number of carbonyl (C=O) groups is 1. The summed E-state index contributed by atoms with van der Waals surface area (Å²) in [5.74, 6) is -0.629. The molecule has 1 aromatic carbocycles. The lowest BCUT2D eigenvalue weighted by Gasteiger charge is -2.15. The van der Waals surface area contributed by atoms with E-state index in [-0.39, 0.29) is 17.3 Å². The third kappa shape index (κ3) is 3.64. The number of ether oxygens (including phenoxy) is 1. The molecule has 9 nitrogen and oxygen atoms in total. The normalized spacial score (nSPS) is 26.0. The minimum Gasteiger partial charge on any atom is -0.388 e. The molecule has 3 rings (SSSR count). The fraction of sp³-hybridized carbons (Fsp3) is 0.375. The second-order valence-corrected chi connectivity index (χ2v) is 5.94. The number of hydrogen-bond donors (Lipinski definition) is 6. The quantitative estimate of drug-likeness (QED) is 0.392. The van der Waals surface area contributed by atoms with Gasteiger partial charge in [-0.05, 0) is 5.56 Å². The minimum absolute atomic E-state index is 0.00144. The van der Waals surface area contributed by atoms with E-state index in [0.29, 0.717) is 13.1 Å². The van der Waals surface area contributed by atoms with Gasteiger partial charge in [-0.3, -0.25) is 4.79 Å². The maximum atomic E-state index is 11.2. The van der Waals surface area contributed by atoms with E-state index in [1.807, 2.05) is 30.3 Å². The number of H-pyrrole nitrogens is 1. The molecule has 1 fully saturated rings. The zero-order valence-electron chi connectivity index (χ0n) is 13.4. The summed E-state index contributed by atoms with van der Waals surface area (Å²) in [6.45, 7) is 0.941. The predicted octanol–water partition coefficient (Wildman–Crippen LogP) is -0.958. The number of imidazole rings is 1. The first kappa shape index (κ1) is 17.4. The molecule has 0 spiro atoms. The minimum atomic E-state index is -1.20. The lowest BCUT2D eigenvalue weighted by atomic mass is 10.1. The topological polar surface area (TPSA) is 160 Å². The van der Waals surface area contributed by atoms with Crippen LogP contribution in [-0.4, -0.2) is 50.9 Å². The van der Waals surface area contributed by atoms with Gasteiger partial charge in [0.05, 0.1) is 6.10 Å². The van der Waals surface area contributed by atoms with Crippen LogP contribution in [0.4, 0.5) is 5.82 Å². The first-order valence-electron chi connectivity index (χ1n) is 7.88. The van der Waals surface area contributed by atoms with Crippen molar-refractivity contribution in [2.24, 2.45) is 5.73 Å². The van der Waals surface area contributed by atoms with Gasteiger partial charge in [-0.2, -0.15) is 0 Å². The Bertz CT molecular complexity index is 735. The van der Waals surface area contributed by atoms with E-state index in [2.05, 4.69) is 15.3 Å². The zero-order valence-corrected chi connectivity index (χ0v) is 13.4. The Hall–Kier alpha value is -2.46. The molecule has 1 amide bonds. The van der Waals surface area contributed by atoms with Gasteiger partial charge in [-0.15, -0.1) is 0 Å². The zero-order chi connectivity index (χ0) is 18.0. The number of rotatable bonds is 6. The standard InChI is InChI=1S/C16H21N5O4/c17-14-10(15(18)24)20-16(21-14)13-12(23)11(22)9(25-13)7-19-6-8-4-2-1-3-5-8/h1-5,9,11-13,19,22-23H,6-7,17H2,(H2,18,24)(H,20,21)/t9-,11-,12-,13-/m0/s1. The summed E-state index contributed by atoms with van der Waals surface area (Å²) in [5, 5.41) is 23.6. The van der Waals surface area contributed by atoms with E-state index in [0.717, 1.165) is 5.56 Å². The smallest absolute Gasteiger partial charge is 0.271 e. The van der Waals surface area contributed by atoms with Crippen LogP contribution in [-0.2, 0) is 11.3 Å². The van der Waals surface area contributed by atoms with Crippen LogP contribution >= 0.6 is 0 Å².